The maximum Gasteiger partial charge on any atom is 0.0413 e. The van der Waals surface area contributed by atoms with Crippen LogP contribution in [-0.2, 0) is 0 Å². The summed E-state index contributed by atoms with van der Waals surface area (Å²) in [6.45, 7) is 6.77. The van der Waals surface area contributed by atoms with E-state index in [0.29, 0.717) is 0 Å². The topological polar surface area (TPSA) is 12.0 Å². The van der Waals surface area contributed by atoms with Gasteiger partial charge in [-0.2, -0.15) is 0 Å². The van der Waals surface area contributed by atoms with Crippen LogP contribution >= 0.6 is 0 Å². The van der Waals surface area contributed by atoms with Crippen molar-refractivity contribution in [1.29, 1.82) is 0 Å². The zero-order valence-electron chi connectivity index (χ0n) is 6.80. The zero-order chi connectivity index (χ0) is 8.10. The standard InChI is InChI=1S/C10H13N/c1-3-9-7-5-6-8-10(9)11-4-2/h3,5-8,11H,1,4H2,2H3. The summed E-state index contributed by atoms with van der Waals surface area (Å²) < 4.78 is 0. The van der Waals surface area contributed by atoms with Gasteiger partial charge in [-0.25, -0.2) is 0 Å². The van der Waals surface area contributed by atoms with Crippen molar-refractivity contribution < 1.29 is 0 Å². The van der Waals surface area contributed by atoms with Crippen LogP contribution in [0.1, 0.15) is 12.5 Å². The smallest absolute Gasteiger partial charge is 0.0413 e. The Kier molecular flexibility index (Phi) is 2.73. The van der Waals surface area contributed by atoms with E-state index in [1.807, 2.05) is 24.3 Å². The third-order valence-electron chi connectivity index (χ3n) is 1.55. The number of rotatable bonds is 3. The van der Waals surface area contributed by atoms with Crippen molar-refractivity contribution in [1.82, 2.24) is 0 Å². The summed E-state index contributed by atoms with van der Waals surface area (Å²) in [7, 11) is 0. The summed E-state index contributed by atoms with van der Waals surface area (Å²) in [6, 6.07) is 8.13. The molecule has 0 aliphatic rings. The average Bonchev–Trinajstić information content (AvgIpc) is 2.06. The third-order valence-corrected chi connectivity index (χ3v) is 1.55. The summed E-state index contributed by atoms with van der Waals surface area (Å²) in [6.07, 6.45) is 1.86. The first kappa shape index (κ1) is 7.86. The molecule has 0 aromatic heterocycles. The van der Waals surface area contributed by atoms with Crippen molar-refractivity contribution in [2.24, 2.45) is 0 Å². The van der Waals surface area contributed by atoms with Crippen LogP contribution in [0.3, 0.4) is 0 Å². The van der Waals surface area contributed by atoms with E-state index < -0.39 is 0 Å². The summed E-state index contributed by atoms with van der Waals surface area (Å²) in [5.74, 6) is 0. The predicted octanol–water partition coefficient (Wildman–Crippen LogP) is 2.76. The van der Waals surface area contributed by atoms with E-state index in [1.165, 1.54) is 0 Å². The molecule has 0 saturated carbocycles. The molecule has 1 nitrogen and oxygen atoms in total. The zero-order valence-corrected chi connectivity index (χ0v) is 6.80. The molecule has 0 radical (unpaired) electrons. The van der Waals surface area contributed by atoms with Gasteiger partial charge in [0, 0.05) is 12.2 Å². The molecule has 11 heavy (non-hydrogen) atoms. The first-order valence-electron chi connectivity index (χ1n) is 3.83. The van der Waals surface area contributed by atoms with E-state index in [9.17, 15) is 0 Å². The van der Waals surface area contributed by atoms with E-state index in [1.54, 1.807) is 0 Å². The van der Waals surface area contributed by atoms with Crippen LogP contribution in [0.15, 0.2) is 30.8 Å². The van der Waals surface area contributed by atoms with Gasteiger partial charge in [-0.05, 0) is 18.6 Å². The monoisotopic (exact) mass is 147 g/mol. The molecule has 0 heterocycles. The van der Waals surface area contributed by atoms with Gasteiger partial charge in [0.2, 0.25) is 0 Å². The molecular weight excluding hydrogens is 134 g/mol. The summed E-state index contributed by atoms with van der Waals surface area (Å²) in [4.78, 5) is 0. The minimum absolute atomic E-state index is 0.949. The SMILES string of the molecule is C=Cc1ccccc1NCC. The fourth-order valence-corrected chi connectivity index (χ4v) is 1.03. The predicted molar refractivity (Wildman–Crippen MR) is 50.7 cm³/mol. The largest absolute Gasteiger partial charge is 0.385 e. The lowest BCUT2D eigenvalue weighted by Gasteiger charge is -2.05. The Balaban J connectivity index is 2.92. The highest BCUT2D eigenvalue weighted by atomic mass is 14.9. The van der Waals surface area contributed by atoms with Crippen molar-refractivity contribution in [3.8, 4) is 0 Å². The Morgan fingerprint density at radius 2 is 2.18 bits per heavy atom. The quantitative estimate of drug-likeness (QED) is 0.693. The fourth-order valence-electron chi connectivity index (χ4n) is 1.03. The molecule has 0 amide bonds. The fraction of sp³-hybridized carbons (Fsp3) is 0.200. The van der Waals surface area contributed by atoms with Crippen LogP contribution < -0.4 is 5.32 Å². The second-order valence-corrected chi connectivity index (χ2v) is 2.32. The van der Waals surface area contributed by atoms with E-state index in [0.717, 1.165) is 17.8 Å². The van der Waals surface area contributed by atoms with Crippen molar-refractivity contribution >= 4 is 11.8 Å². The second-order valence-electron chi connectivity index (χ2n) is 2.32. The van der Waals surface area contributed by atoms with Gasteiger partial charge >= 0.3 is 0 Å². The Labute approximate surface area is 67.8 Å². The molecule has 0 saturated heterocycles. The maximum atomic E-state index is 3.73. The van der Waals surface area contributed by atoms with E-state index in [-0.39, 0.29) is 0 Å². The highest BCUT2D eigenvalue weighted by Gasteiger charge is 1.93. The Bertz CT molecular complexity index is 240. The van der Waals surface area contributed by atoms with Crippen molar-refractivity contribution in [2.45, 2.75) is 6.92 Å². The highest BCUT2D eigenvalue weighted by Crippen LogP contribution is 2.14. The van der Waals surface area contributed by atoms with E-state index in [4.69, 9.17) is 0 Å². The number of benzene rings is 1. The highest BCUT2D eigenvalue weighted by molar-refractivity contribution is 5.65. The van der Waals surface area contributed by atoms with Crippen LogP contribution in [0.2, 0.25) is 0 Å². The summed E-state index contributed by atoms with van der Waals surface area (Å²) in [5, 5.41) is 3.26. The number of nitrogens with one attached hydrogen (secondary N) is 1. The molecule has 0 bridgehead atoms. The van der Waals surface area contributed by atoms with Crippen LogP contribution in [0.5, 0.6) is 0 Å². The van der Waals surface area contributed by atoms with Gasteiger partial charge in [-0.3, -0.25) is 0 Å². The first-order chi connectivity index (χ1) is 5.38. The minimum Gasteiger partial charge on any atom is -0.385 e. The Morgan fingerprint density at radius 1 is 1.45 bits per heavy atom. The van der Waals surface area contributed by atoms with Gasteiger partial charge in [0.1, 0.15) is 0 Å². The molecule has 1 N–H and O–H groups in total. The van der Waals surface area contributed by atoms with Gasteiger partial charge in [-0.15, -0.1) is 0 Å². The molecule has 0 spiro atoms. The Hall–Kier alpha value is -1.24. The second kappa shape index (κ2) is 3.81. The van der Waals surface area contributed by atoms with E-state index in [2.05, 4.69) is 24.9 Å². The lowest BCUT2D eigenvalue weighted by atomic mass is 10.2. The Morgan fingerprint density at radius 3 is 2.82 bits per heavy atom. The van der Waals surface area contributed by atoms with Crippen molar-refractivity contribution in [3.63, 3.8) is 0 Å². The van der Waals surface area contributed by atoms with Gasteiger partial charge in [0.15, 0.2) is 0 Å². The maximum absolute atomic E-state index is 3.73. The summed E-state index contributed by atoms with van der Waals surface area (Å²) >= 11 is 0. The van der Waals surface area contributed by atoms with Gasteiger partial charge in [0.05, 0.1) is 0 Å². The van der Waals surface area contributed by atoms with Crippen LogP contribution in [0.25, 0.3) is 6.08 Å². The molecule has 0 unspecified atom stereocenters. The summed E-state index contributed by atoms with van der Waals surface area (Å²) in [5.41, 5.74) is 2.32. The van der Waals surface area contributed by atoms with Gasteiger partial charge in [-0.1, -0.05) is 30.9 Å². The molecule has 0 atom stereocenters. The van der Waals surface area contributed by atoms with Gasteiger partial charge < -0.3 is 5.32 Å². The molecule has 0 aliphatic heterocycles. The third kappa shape index (κ3) is 1.84. The lowest BCUT2D eigenvalue weighted by molar-refractivity contribution is 1.21. The molecule has 0 aliphatic carbocycles. The molecule has 1 aromatic carbocycles. The molecule has 0 fully saturated rings. The number of hydrogen-bond acceptors (Lipinski definition) is 1. The number of para-hydroxylation sites is 1. The molecular formula is C10H13N. The first-order valence-corrected chi connectivity index (χ1v) is 3.83. The number of hydrogen-bond donors (Lipinski definition) is 1. The average molecular weight is 147 g/mol. The lowest BCUT2D eigenvalue weighted by Crippen LogP contribution is -1.97. The van der Waals surface area contributed by atoms with Crippen LogP contribution in [-0.4, -0.2) is 6.54 Å². The van der Waals surface area contributed by atoms with Gasteiger partial charge in [0.25, 0.3) is 0 Å². The van der Waals surface area contributed by atoms with E-state index >= 15 is 0 Å². The van der Waals surface area contributed by atoms with Crippen LogP contribution in [0.4, 0.5) is 5.69 Å². The molecule has 1 heteroatoms. The van der Waals surface area contributed by atoms with Crippen LogP contribution in [0, 0.1) is 0 Å². The minimum atomic E-state index is 0.949. The molecule has 58 valence electrons. The van der Waals surface area contributed by atoms with Crippen molar-refractivity contribution in [3.05, 3.63) is 36.4 Å². The normalized spacial score (nSPS) is 9.18. The van der Waals surface area contributed by atoms with Crippen molar-refractivity contribution in [2.75, 3.05) is 11.9 Å². The number of anilines is 1. The molecule has 1 rings (SSSR count). The molecule has 1 aromatic rings.